The van der Waals surface area contributed by atoms with Crippen LogP contribution >= 0.6 is 0 Å². The second-order valence-corrected chi connectivity index (χ2v) is 5.71. The third kappa shape index (κ3) is 2.52. The molecule has 1 aromatic heterocycles. The van der Waals surface area contributed by atoms with Crippen molar-refractivity contribution in [3.05, 3.63) is 18.5 Å². The molecule has 3 atom stereocenters. The molecule has 1 aliphatic carbocycles. The third-order valence-corrected chi connectivity index (χ3v) is 4.65. The summed E-state index contributed by atoms with van der Waals surface area (Å²) in [6, 6.07) is 2.09. The number of hydrogen-bond acceptors (Lipinski definition) is 3. The zero-order valence-electron chi connectivity index (χ0n) is 11.1. The molecule has 2 heterocycles. The maximum absolute atomic E-state index is 11.5. The molecule has 1 aliphatic heterocycles. The van der Waals surface area contributed by atoms with Gasteiger partial charge in [0.15, 0.2) is 0 Å². The van der Waals surface area contributed by atoms with Crippen LogP contribution in [0.1, 0.15) is 32.1 Å². The SMILES string of the molecule is O=C(O)C1CC2CCCCC2N1CCn1cccn1. The molecular formula is C14H21N3O2. The van der Waals surface area contributed by atoms with Gasteiger partial charge in [0.25, 0.3) is 0 Å². The summed E-state index contributed by atoms with van der Waals surface area (Å²) in [7, 11) is 0. The molecular weight excluding hydrogens is 242 g/mol. The van der Waals surface area contributed by atoms with Gasteiger partial charge in [-0.3, -0.25) is 14.4 Å². The van der Waals surface area contributed by atoms with Gasteiger partial charge in [0.2, 0.25) is 0 Å². The molecule has 1 aromatic rings. The Hall–Kier alpha value is -1.36. The van der Waals surface area contributed by atoms with Gasteiger partial charge in [-0.25, -0.2) is 0 Å². The summed E-state index contributed by atoms with van der Waals surface area (Å²) in [6.45, 7) is 1.57. The van der Waals surface area contributed by atoms with E-state index in [9.17, 15) is 9.90 Å². The van der Waals surface area contributed by atoms with Crippen molar-refractivity contribution in [3.8, 4) is 0 Å². The van der Waals surface area contributed by atoms with Gasteiger partial charge in [-0.15, -0.1) is 0 Å². The molecule has 3 unspecified atom stereocenters. The molecule has 5 heteroatoms. The van der Waals surface area contributed by atoms with Crippen LogP contribution in [0, 0.1) is 5.92 Å². The molecule has 1 saturated carbocycles. The van der Waals surface area contributed by atoms with Crippen molar-refractivity contribution in [2.24, 2.45) is 5.92 Å². The van der Waals surface area contributed by atoms with E-state index < -0.39 is 5.97 Å². The standard InChI is InChI=1S/C14H21N3O2/c18-14(19)13-10-11-4-1-2-5-12(11)17(13)9-8-16-7-3-6-15-16/h3,6-7,11-13H,1-2,4-5,8-10H2,(H,18,19). The van der Waals surface area contributed by atoms with Gasteiger partial charge in [-0.1, -0.05) is 12.8 Å². The normalized spacial score (nSPS) is 31.3. The van der Waals surface area contributed by atoms with Crippen molar-refractivity contribution < 1.29 is 9.90 Å². The van der Waals surface area contributed by atoms with E-state index >= 15 is 0 Å². The predicted octanol–water partition coefficient (Wildman–Crippen LogP) is 1.60. The van der Waals surface area contributed by atoms with Crippen molar-refractivity contribution in [1.82, 2.24) is 14.7 Å². The maximum Gasteiger partial charge on any atom is 0.320 e. The first-order chi connectivity index (χ1) is 9.25. The Morgan fingerprint density at radius 3 is 2.89 bits per heavy atom. The number of hydrogen-bond donors (Lipinski definition) is 1. The van der Waals surface area contributed by atoms with Gasteiger partial charge >= 0.3 is 5.97 Å². The Morgan fingerprint density at radius 1 is 1.32 bits per heavy atom. The first-order valence-electron chi connectivity index (χ1n) is 7.21. The lowest BCUT2D eigenvalue weighted by Crippen LogP contribution is -2.43. The van der Waals surface area contributed by atoms with E-state index in [-0.39, 0.29) is 6.04 Å². The van der Waals surface area contributed by atoms with Crippen LogP contribution in [0.3, 0.4) is 0 Å². The Kier molecular flexibility index (Phi) is 3.55. The van der Waals surface area contributed by atoms with Crippen LogP contribution in [-0.2, 0) is 11.3 Å². The van der Waals surface area contributed by atoms with Crippen LogP contribution in [0.15, 0.2) is 18.5 Å². The highest BCUT2D eigenvalue weighted by Crippen LogP contribution is 2.39. The lowest BCUT2D eigenvalue weighted by Gasteiger charge is -2.32. The second kappa shape index (κ2) is 5.33. The number of carboxylic acids is 1. The Morgan fingerprint density at radius 2 is 2.16 bits per heavy atom. The second-order valence-electron chi connectivity index (χ2n) is 5.71. The van der Waals surface area contributed by atoms with E-state index in [0.717, 1.165) is 25.9 Å². The number of aliphatic carboxylic acids is 1. The predicted molar refractivity (Wildman–Crippen MR) is 70.7 cm³/mol. The van der Waals surface area contributed by atoms with E-state index in [1.54, 1.807) is 6.20 Å². The van der Waals surface area contributed by atoms with Crippen molar-refractivity contribution in [2.75, 3.05) is 6.54 Å². The van der Waals surface area contributed by atoms with Crippen molar-refractivity contribution in [1.29, 1.82) is 0 Å². The molecule has 19 heavy (non-hydrogen) atoms. The van der Waals surface area contributed by atoms with Crippen LogP contribution in [0.25, 0.3) is 0 Å². The summed E-state index contributed by atoms with van der Waals surface area (Å²) in [6.07, 6.45) is 9.40. The number of likely N-dealkylation sites (tertiary alicyclic amines) is 1. The smallest absolute Gasteiger partial charge is 0.320 e. The number of nitrogens with zero attached hydrogens (tertiary/aromatic N) is 3. The molecule has 104 valence electrons. The topological polar surface area (TPSA) is 58.4 Å². The van der Waals surface area contributed by atoms with Crippen molar-refractivity contribution in [2.45, 2.75) is 50.7 Å². The van der Waals surface area contributed by atoms with Gasteiger partial charge in [-0.05, 0) is 31.2 Å². The van der Waals surface area contributed by atoms with E-state index in [2.05, 4.69) is 10.00 Å². The zero-order valence-corrected chi connectivity index (χ0v) is 11.1. The summed E-state index contributed by atoms with van der Waals surface area (Å²) in [5.74, 6) is -0.0673. The lowest BCUT2D eigenvalue weighted by atomic mass is 9.85. The number of fused-ring (bicyclic) bond motifs is 1. The van der Waals surface area contributed by atoms with Crippen LogP contribution in [0.2, 0.25) is 0 Å². The Balaban J connectivity index is 1.69. The molecule has 3 rings (SSSR count). The van der Waals surface area contributed by atoms with E-state index in [4.69, 9.17) is 0 Å². The number of carboxylic acid groups (broad SMARTS) is 1. The summed E-state index contributed by atoms with van der Waals surface area (Å²) < 4.78 is 1.88. The monoisotopic (exact) mass is 263 g/mol. The molecule has 0 radical (unpaired) electrons. The highest BCUT2D eigenvalue weighted by Gasteiger charge is 2.44. The highest BCUT2D eigenvalue weighted by molar-refractivity contribution is 5.74. The minimum atomic E-state index is -0.658. The van der Waals surface area contributed by atoms with Gasteiger partial charge in [0, 0.05) is 25.0 Å². The third-order valence-electron chi connectivity index (χ3n) is 4.65. The van der Waals surface area contributed by atoms with Crippen LogP contribution in [-0.4, -0.2) is 44.4 Å². The molecule has 1 N–H and O–H groups in total. The van der Waals surface area contributed by atoms with Gasteiger partial charge in [-0.2, -0.15) is 5.10 Å². The number of rotatable bonds is 4. The van der Waals surface area contributed by atoms with Crippen LogP contribution < -0.4 is 0 Å². The summed E-state index contributed by atoms with van der Waals surface area (Å²) >= 11 is 0. The van der Waals surface area contributed by atoms with E-state index in [1.165, 1.54) is 19.3 Å². The average molecular weight is 263 g/mol. The molecule has 2 aliphatic rings. The fourth-order valence-corrected chi connectivity index (χ4v) is 3.77. The number of carbonyl (C=O) groups is 1. The minimum Gasteiger partial charge on any atom is -0.480 e. The van der Waals surface area contributed by atoms with E-state index in [0.29, 0.717) is 12.0 Å². The van der Waals surface area contributed by atoms with Gasteiger partial charge < -0.3 is 5.11 Å². The fraction of sp³-hybridized carbons (Fsp3) is 0.714. The summed E-state index contributed by atoms with van der Waals surface area (Å²) in [4.78, 5) is 13.7. The summed E-state index contributed by atoms with van der Waals surface area (Å²) in [5.41, 5.74) is 0. The van der Waals surface area contributed by atoms with Crippen LogP contribution in [0.4, 0.5) is 0 Å². The average Bonchev–Trinajstić information content (AvgIpc) is 3.03. The Labute approximate surface area is 113 Å². The lowest BCUT2D eigenvalue weighted by molar-refractivity contribution is -0.142. The highest BCUT2D eigenvalue weighted by atomic mass is 16.4. The van der Waals surface area contributed by atoms with E-state index in [1.807, 2.05) is 16.9 Å². The zero-order chi connectivity index (χ0) is 13.2. The summed E-state index contributed by atoms with van der Waals surface area (Å²) in [5, 5.41) is 13.6. The van der Waals surface area contributed by atoms with Crippen molar-refractivity contribution >= 4 is 5.97 Å². The maximum atomic E-state index is 11.5. The Bertz CT molecular complexity index is 432. The largest absolute Gasteiger partial charge is 0.480 e. The molecule has 0 spiro atoms. The van der Waals surface area contributed by atoms with Gasteiger partial charge in [0.05, 0.1) is 6.54 Å². The van der Waals surface area contributed by atoms with Crippen molar-refractivity contribution in [3.63, 3.8) is 0 Å². The first kappa shape index (κ1) is 12.7. The minimum absolute atomic E-state index is 0.288. The molecule has 1 saturated heterocycles. The first-order valence-corrected chi connectivity index (χ1v) is 7.21. The molecule has 2 fully saturated rings. The van der Waals surface area contributed by atoms with Gasteiger partial charge in [0.1, 0.15) is 6.04 Å². The quantitative estimate of drug-likeness (QED) is 0.896. The molecule has 0 bridgehead atoms. The molecule has 0 amide bonds. The molecule has 5 nitrogen and oxygen atoms in total. The number of aromatic nitrogens is 2. The fourth-order valence-electron chi connectivity index (χ4n) is 3.77. The van der Waals surface area contributed by atoms with Crippen LogP contribution in [0.5, 0.6) is 0 Å². The molecule has 0 aromatic carbocycles.